The molecule has 1 aromatic rings. The van der Waals surface area contributed by atoms with Crippen molar-refractivity contribution in [2.24, 2.45) is 5.41 Å². The van der Waals surface area contributed by atoms with Crippen LogP contribution in [-0.4, -0.2) is 21.2 Å². The lowest BCUT2D eigenvalue weighted by Gasteiger charge is -2.24. The molecule has 118 valence electrons. The van der Waals surface area contributed by atoms with Crippen molar-refractivity contribution in [1.29, 1.82) is 0 Å². The largest absolute Gasteiger partial charge is 0.444 e. The second-order valence-corrected chi connectivity index (χ2v) is 7.54. The summed E-state index contributed by atoms with van der Waals surface area (Å²) in [5, 5.41) is 2.95. The number of amides is 1. The molecule has 1 heterocycles. The minimum atomic E-state index is -0.485. The number of hydrogen-bond acceptors (Lipinski definition) is 3. The van der Waals surface area contributed by atoms with Crippen molar-refractivity contribution in [1.82, 2.24) is 14.9 Å². The third-order valence-corrected chi connectivity index (χ3v) is 3.95. The zero-order valence-corrected chi connectivity index (χ0v) is 13.9. The highest BCUT2D eigenvalue weighted by molar-refractivity contribution is 5.68. The highest BCUT2D eigenvalue weighted by Gasteiger charge is 2.48. The van der Waals surface area contributed by atoms with Crippen molar-refractivity contribution >= 4 is 6.09 Å². The molecule has 5 heteroatoms. The molecule has 1 saturated carbocycles. The summed E-state index contributed by atoms with van der Waals surface area (Å²) >= 11 is 0. The number of rotatable bonds is 4. The summed E-state index contributed by atoms with van der Waals surface area (Å²) in [5.41, 5.74) is 0.889. The van der Waals surface area contributed by atoms with Crippen LogP contribution in [0.4, 0.5) is 4.79 Å². The van der Waals surface area contributed by atoms with Crippen molar-refractivity contribution in [3.63, 3.8) is 0 Å². The summed E-state index contributed by atoms with van der Waals surface area (Å²) < 4.78 is 7.55. The topological polar surface area (TPSA) is 56.1 Å². The summed E-state index contributed by atoms with van der Waals surface area (Å²) in [6.07, 6.45) is 5.29. The number of carbonyl (C=O) groups excluding carboxylic acids is 1. The van der Waals surface area contributed by atoms with E-state index in [4.69, 9.17) is 4.74 Å². The zero-order chi connectivity index (χ0) is 15.8. The molecule has 0 bridgehead atoms. The third-order valence-electron chi connectivity index (χ3n) is 3.95. The molecule has 21 heavy (non-hydrogen) atoms. The molecule has 0 aromatic carbocycles. The Morgan fingerprint density at radius 2 is 2.19 bits per heavy atom. The summed E-state index contributed by atoms with van der Waals surface area (Å²) in [4.78, 5) is 16.3. The van der Waals surface area contributed by atoms with Crippen LogP contribution in [0.2, 0.25) is 0 Å². The van der Waals surface area contributed by atoms with E-state index in [2.05, 4.69) is 35.6 Å². The van der Waals surface area contributed by atoms with E-state index in [-0.39, 0.29) is 12.1 Å². The monoisotopic (exact) mass is 293 g/mol. The van der Waals surface area contributed by atoms with Crippen LogP contribution in [0.25, 0.3) is 0 Å². The smallest absolute Gasteiger partial charge is 0.408 e. The number of alkyl carbamates (subject to hydrolysis) is 1. The van der Waals surface area contributed by atoms with Gasteiger partial charge >= 0.3 is 6.09 Å². The number of nitrogens with zero attached hydrogens (tertiary/aromatic N) is 2. The van der Waals surface area contributed by atoms with Gasteiger partial charge in [0.15, 0.2) is 0 Å². The van der Waals surface area contributed by atoms with Gasteiger partial charge in [-0.2, -0.15) is 0 Å². The molecule has 1 fully saturated rings. The van der Waals surface area contributed by atoms with Crippen LogP contribution in [0.3, 0.4) is 0 Å². The fourth-order valence-electron chi connectivity index (χ4n) is 2.59. The summed E-state index contributed by atoms with van der Waals surface area (Å²) in [6, 6.07) is 0.406. The van der Waals surface area contributed by atoms with Gasteiger partial charge in [-0.3, -0.25) is 0 Å². The van der Waals surface area contributed by atoms with Gasteiger partial charge in [-0.05, 0) is 39.0 Å². The molecule has 5 nitrogen and oxygen atoms in total. The number of ether oxygens (including phenoxy) is 1. The average Bonchev–Trinajstić information content (AvgIpc) is 2.76. The van der Waals surface area contributed by atoms with Gasteiger partial charge in [-0.15, -0.1) is 0 Å². The zero-order valence-electron chi connectivity index (χ0n) is 13.9. The van der Waals surface area contributed by atoms with Crippen LogP contribution in [0.15, 0.2) is 12.5 Å². The molecule has 0 spiro atoms. The lowest BCUT2D eigenvalue weighted by atomic mass is 10.1. The van der Waals surface area contributed by atoms with Gasteiger partial charge in [-0.1, -0.05) is 20.8 Å². The molecule has 1 aliphatic carbocycles. The van der Waals surface area contributed by atoms with E-state index in [1.807, 2.05) is 33.3 Å². The van der Waals surface area contributed by atoms with Gasteiger partial charge in [0.05, 0.1) is 24.3 Å². The van der Waals surface area contributed by atoms with Crippen molar-refractivity contribution in [2.75, 3.05) is 0 Å². The van der Waals surface area contributed by atoms with Crippen LogP contribution in [-0.2, 0) is 4.74 Å². The molecule has 1 aromatic heterocycles. The first-order valence-corrected chi connectivity index (χ1v) is 7.65. The Labute approximate surface area is 127 Å². The van der Waals surface area contributed by atoms with E-state index < -0.39 is 5.60 Å². The molecule has 1 N–H and O–H groups in total. The number of carbonyl (C=O) groups is 1. The first-order chi connectivity index (χ1) is 9.64. The molecular weight excluding hydrogens is 266 g/mol. The minimum absolute atomic E-state index is 0.0706. The van der Waals surface area contributed by atoms with E-state index in [0.29, 0.717) is 11.5 Å². The van der Waals surface area contributed by atoms with Crippen LogP contribution in [0.5, 0.6) is 0 Å². The predicted octanol–water partition coefficient (Wildman–Crippen LogP) is 3.83. The van der Waals surface area contributed by atoms with E-state index in [9.17, 15) is 4.79 Å². The van der Waals surface area contributed by atoms with E-state index in [1.165, 1.54) is 0 Å². The Balaban J connectivity index is 2.09. The fraction of sp³-hybridized carbons (Fsp3) is 0.750. The first-order valence-electron chi connectivity index (χ1n) is 7.65. The van der Waals surface area contributed by atoms with E-state index >= 15 is 0 Å². The summed E-state index contributed by atoms with van der Waals surface area (Å²) in [5.74, 6) is 0. The van der Waals surface area contributed by atoms with Gasteiger partial charge in [0, 0.05) is 6.04 Å². The quantitative estimate of drug-likeness (QED) is 0.918. The van der Waals surface area contributed by atoms with Gasteiger partial charge in [-0.25, -0.2) is 9.78 Å². The van der Waals surface area contributed by atoms with E-state index in [1.54, 1.807) is 0 Å². The van der Waals surface area contributed by atoms with Crippen LogP contribution < -0.4 is 5.32 Å². The van der Waals surface area contributed by atoms with E-state index in [0.717, 1.165) is 18.5 Å². The lowest BCUT2D eigenvalue weighted by Crippen LogP contribution is -2.35. The second kappa shape index (κ2) is 5.35. The van der Waals surface area contributed by atoms with Crippen molar-refractivity contribution < 1.29 is 9.53 Å². The molecule has 0 radical (unpaired) electrons. The Bertz CT molecular complexity index is 514. The van der Waals surface area contributed by atoms with Crippen molar-refractivity contribution in [2.45, 2.75) is 72.1 Å². The number of aromatic nitrogens is 2. The molecular formula is C16H27N3O2. The predicted molar refractivity (Wildman–Crippen MR) is 82.1 cm³/mol. The van der Waals surface area contributed by atoms with Gasteiger partial charge in [0.1, 0.15) is 5.60 Å². The highest BCUT2D eigenvalue weighted by atomic mass is 16.6. The van der Waals surface area contributed by atoms with Gasteiger partial charge < -0.3 is 14.6 Å². The number of imidazole rings is 1. The van der Waals surface area contributed by atoms with Crippen LogP contribution in [0.1, 0.15) is 72.2 Å². The summed E-state index contributed by atoms with van der Waals surface area (Å²) in [6.45, 7) is 12.2. The normalized spacial score (nSPS) is 21.7. The molecule has 1 amide bonds. The van der Waals surface area contributed by atoms with Crippen LogP contribution in [0, 0.1) is 5.41 Å². The maximum Gasteiger partial charge on any atom is 0.408 e. The molecule has 2 atom stereocenters. The average molecular weight is 293 g/mol. The second-order valence-electron chi connectivity index (χ2n) is 7.54. The number of hydrogen-bond donors (Lipinski definition) is 1. The Kier molecular flexibility index (Phi) is 4.04. The highest BCUT2D eigenvalue weighted by Crippen LogP contribution is 2.56. The molecule has 0 aliphatic heterocycles. The summed E-state index contributed by atoms with van der Waals surface area (Å²) in [7, 11) is 0. The third kappa shape index (κ3) is 3.77. The molecule has 1 unspecified atom stereocenters. The van der Waals surface area contributed by atoms with Gasteiger partial charge in [0.25, 0.3) is 0 Å². The SMILES string of the molecule is CC[C@@H](NC(=O)OC(C)(C)C)c1cncn1C1CC1(C)C. The maximum atomic E-state index is 12.0. The minimum Gasteiger partial charge on any atom is -0.444 e. The molecule has 2 rings (SSSR count). The number of nitrogens with one attached hydrogen (secondary N) is 1. The maximum absolute atomic E-state index is 12.0. The van der Waals surface area contributed by atoms with Crippen molar-refractivity contribution in [3.8, 4) is 0 Å². The Morgan fingerprint density at radius 1 is 1.57 bits per heavy atom. The van der Waals surface area contributed by atoms with Crippen LogP contribution >= 0.6 is 0 Å². The van der Waals surface area contributed by atoms with Crippen molar-refractivity contribution in [3.05, 3.63) is 18.2 Å². The fourth-order valence-corrected chi connectivity index (χ4v) is 2.59. The first kappa shape index (κ1) is 15.9. The Hall–Kier alpha value is -1.52. The van der Waals surface area contributed by atoms with Gasteiger partial charge in [0.2, 0.25) is 0 Å². The molecule has 0 saturated heterocycles. The lowest BCUT2D eigenvalue weighted by molar-refractivity contribution is 0.0500. The standard InChI is InChI=1S/C16H27N3O2/c1-7-11(18-14(20)21-15(2,3)4)12-9-17-10-19(12)13-8-16(13,5)6/h9-11,13H,7-8H2,1-6H3,(H,18,20)/t11-,13?/m1/s1. The molecule has 1 aliphatic rings. The Morgan fingerprint density at radius 3 is 2.67 bits per heavy atom.